The summed E-state index contributed by atoms with van der Waals surface area (Å²) in [7, 11) is 3.65. The average molecular weight is 1060 g/mol. The van der Waals surface area contributed by atoms with Gasteiger partial charge < -0.3 is 56.6 Å². The Balaban J connectivity index is 1.55. The summed E-state index contributed by atoms with van der Waals surface area (Å²) in [5.74, 6) is -6.91. The zero-order valence-electron chi connectivity index (χ0n) is 42.6. The van der Waals surface area contributed by atoms with Gasteiger partial charge in [0, 0.05) is 98.2 Å². The Bertz CT molecular complexity index is 2220. The average Bonchev–Trinajstić information content (AvgIpc) is 3.31. The molecule has 27 heteroatoms. The summed E-state index contributed by atoms with van der Waals surface area (Å²) in [6.07, 6.45) is 4.41. The molecule has 1 aliphatic heterocycles. The third kappa shape index (κ3) is 26.1. The monoisotopic (exact) mass is 1060 g/mol. The molecule has 0 radical (unpaired) electrons. The highest BCUT2D eigenvalue weighted by Crippen LogP contribution is 2.17. The Hall–Kier alpha value is -7.10. The van der Waals surface area contributed by atoms with Gasteiger partial charge in [0.1, 0.15) is 23.7 Å². The molecule has 2 heterocycles. The molecule has 1 saturated heterocycles. The van der Waals surface area contributed by atoms with Crippen LogP contribution < -0.4 is 20.9 Å². The topological polar surface area (TPSA) is 386 Å². The van der Waals surface area contributed by atoms with Crippen LogP contribution >= 0.6 is 0 Å². The first-order valence-corrected chi connectivity index (χ1v) is 24.8. The molecule has 0 aliphatic carbocycles. The van der Waals surface area contributed by atoms with Crippen molar-refractivity contribution in [3.8, 4) is 0 Å². The van der Waals surface area contributed by atoms with Gasteiger partial charge >= 0.3 is 47.8 Å². The van der Waals surface area contributed by atoms with Gasteiger partial charge in [0.25, 0.3) is 0 Å². The number of aromatic nitrogens is 3. The molecule has 1 unspecified atom stereocenters. The Morgan fingerprint density at radius 1 is 0.573 bits per heavy atom. The summed E-state index contributed by atoms with van der Waals surface area (Å²) in [5, 5.41) is 73.5. The van der Waals surface area contributed by atoms with Gasteiger partial charge in [0.2, 0.25) is 11.9 Å². The van der Waals surface area contributed by atoms with Gasteiger partial charge in [0.05, 0.1) is 26.2 Å². The minimum atomic E-state index is -1.51. The van der Waals surface area contributed by atoms with E-state index in [-0.39, 0.29) is 97.3 Å². The van der Waals surface area contributed by atoms with Crippen LogP contribution in [0.4, 0.5) is 10.7 Å². The highest BCUT2D eigenvalue weighted by molar-refractivity contribution is 5.86. The first-order valence-electron chi connectivity index (χ1n) is 24.8. The molecule has 10 N–H and O–H groups in total. The molecule has 1 aliphatic rings. The lowest BCUT2D eigenvalue weighted by Gasteiger charge is -2.37. The number of nitrogens with one attached hydrogen (secondary N) is 3. The fourth-order valence-corrected chi connectivity index (χ4v) is 8.30. The third-order valence-electron chi connectivity index (χ3n) is 12.2. The molecule has 3 atom stereocenters. The highest BCUT2D eigenvalue weighted by atomic mass is 16.4. The normalized spacial score (nSPS) is 16.1. The van der Waals surface area contributed by atoms with Crippen molar-refractivity contribution in [3.63, 3.8) is 0 Å². The number of rotatable bonds is 32. The van der Waals surface area contributed by atoms with Crippen LogP contribution in [0.1, 0.15) is 87.0 Å². The van der Waals surface area contributed by atoms with Gasteiger partial charge in [-0.3, -0.25) is 48.4 Å². The largest absolute Gasteiger partial charge is 0.481 e. The van der Waals surface area contributed by atoms with Crippen molar-refractivity contribution in [2.75, 3.05) is 97.5 Å². The van der Waals surface area contributed by atoms with Crippen molar-refractivity contribution < 1.29 is 78.9 Å². The predicted molar refractivity (Wildman–Crippen MR) is 267 cm³/mol. The summed E-state index contributed by atoms with van der Waals surface area (Å²) < 4.78 is 0. The van der Waals surface area contributed by atoms with Gasteiger partial charge in [-0.2, -0.15) is 9.97 Å². The quantitative estimate of drug-likeness (QED) is 0.0426. The van der Waals surface area contributed by atoms with E-state index in [9.17, 15) is 73.8 Å². The first kappa shape index (κ1) is 62.2. The fraction of sp³-hybridized carbons (Fsp3) is 0.625. The van der Waals surface area contributed by atoms with Crippen LogP contribution in [-0.4, -0.2) is 235 Å². The number of benzene rings is 1. The smallest absolute Gasteiger partial charge is 0.326 e. The number of anilines is 1. The molecule has 0 bridgehead atoms. The van der Waals surface area contributed by atoms with Crippen molar-refractivity contribution in [3.05, 3.63) is 47.0 Å². The number of unbranched alkanes of at least 4 members (excludes halogenated alkanes) is 4. The number of aryl methyl sites for hydroxylation is 1. The number of hydrogen-bond acceptors (Lipinski definition) is 17. The number of aliphatic carboxylic acids is 7. The number of urea groups is 1. The van der Waals surface area contributed by atoms with Crippen molar-refractivity contribution in [2.45, 2.75) is 102 Å². The van der Waals surface area contributed by atoms with Gasteiger partial charge in [-0.15, -0.1) is 0 Å². The number of amides is 3. The van der Waals surface area contributed by atoms with E-state index in [0.29, 0.717) is 62.5 Å². The summed E-state index contributed by atoms with van der Waals surface area (Å²) in [6, 6.07) is 3.24. The van der Waals surface area contributed by atoms with Crippen LogP contribution in [0.5, 0.6) is 0 Å². The van der Waals surface area contributed by atoms with Crippen LogP contribution in [0.3, 0.4) is 0 Å². The number of carboxylic acids is 7. The summed E-state index contributed by atoms with van der Waals surface area (Å²) in [6.45, 7) is 0.186. The molecule has 3 rings (SSSR count). The van der Waals surface area contributed by atoms with E-state index in [0.717, 1.165) is 30.4 Å². The number of carbonyl (C=O) groups is 9. The van der Waals surface area contributed by atoms with E-state index >= 15 is 0 Å². The Labute approximate surface area is 434 Å². The molecule has 27 nitrogen and oxygen atoms in total. The molecule has 0 saturated carbocycles. The van der Waals surface area contributed by atoms with Crippen LogP contribution in [0.2, 0.25) is 0 Å². The van der Waals surface area contributed by atoms with E-state index in [2.05, 4.69) is 25.9 Å². The van der Waals surface area contributed by atoms with Gasteiger partial charge in [0.15, 0.2) is 0 Å². The first-order chi connectivity index (χ1) is 35.6. The summed E-state index contributed by atoms with van der Waals surface area (Å²) in [5.41, 5.74) is 1.73. The predicted octanol–water partition coefficient (Wildman–Crippen LogP) is -0.151. The van der Waals surface area contributed by atoms with Crippen LogP contribution in [-0.2, 0) is 57.6 Å². The van der Waals surface area contributed by atoms with Crippen LogP contribution in [0.15, 0.2) is 24.3 Å². The zero-order valence-corrected chi connectivity index (χ0v) is 42.6. The van der Waals surface area contributed by atoms with E-state index in [1.807, 2.05) is 38.4 Å². The molecule has 2 aromatic rings. The van der Waals surface area contributed by atoms with Crippen molar-refractivity contribution in [1.82, 2.24) is 50.5 Å². The molecule has 1 fully saturated rings. The molecular formula is C48H73N11O16. The second-order valence-electron chi connectivity index (χ2n) is 18.6. The number of carboxylic acid groups (broad SMARTS) is 7. The molecule has 1 aromatic heterocycles. The van der Waals surface area contributed by atoms with Gasteiger partial charge in [-0.25, -0.2) is 19.4 Å². The maximum Gasteiger partial charge on any atom is 0.326 e. The molecule has 416 valence electrons. The number of carbonyl (C=O) groups excluding carboxylic acids is 2. The Morgan fingerprint density at radius 3 is 1.65 bits per heavy atom. The minimum Gasteiger partial charge on any atom is -0.481 e. The van der Waals surface area contributed by atoms with E-state index in [1.54, 1.807) is 24.5 Å². The van der Waals surface area contributed by atoms with Crippen molar-refractivity contribution >= 4 is 59.7 Å². The minimum absolute atomic E-state index is 0.0114. The molecule has 3 amide bonds. The lowest BCUT2D eigenvalue weighted by Crippen LogP contribution is -2.53. The second kappa shape index (κ2) is 33.0. The van der Waals surface area contributed by atoms with Gasteiger partial charge in [-0.1, -0.05) is 37.1 Å². The fourth-order valence-electron chi connectivity index (χ4n) is 8.30. The van der Waals surface area contributed by atoms with E-state index < -0.39 is 72.4 Å². The Morgan fingerprint density at radius 2 is 1.09 bits per heavy atom. The third-order valence-corrected chi connectivity index (χ3v) is 12.2. The molecular weight excluding hydrogens is 987 g/mol. The zero-order chi connectivity index (χ0) is 55.5. The molecule has 1 aromatic carbocycles. The lowest BCUT2D eigenvalue weighted by atomic mass is 10.0. The van der Waals surface area contributed by atoms with Crippen molar-refractivity contribution in [1.29, 1.82) is 0 Å². The maximum atomic E-state index is 12.5. The molecule has 0 spiro atoms. The van der Waals surface area contributed by atoms with Crippen molar-refractivity contribution in [2.24, 2.45) is 0 Å². The van der Waals surface area contributed by atoms with E-state index in [4.69, 9.17) is 10.1 Å². The molecule has 75 heavy (non-hydrogen) atoms. The number of nitrogens with zero attached hydrogens (tertiary/aromatic N) is 8. The van der Waals surface area contributed by atoms with Crippen LogP contribution in [0.25, 0.3) is 0 Å². The van der Waals surface area contributed by atoms with E-state index in [1.165, 1.54) is 0 Å². The highest BCUT2D eigenvalue weighted by Gasteiger charge is 2.29. The Kier molecular flexibility index (Phi) is 27.3. The summed E-state index contributed by atoms with van der Waals surface area (Å²) in [4.78, 5) is 129. The van der Waals surface area contributed by atoms with Crippen LogP contribution in [0, 0.1) is 0 Å². The second-order valence-corrected chi connectivity index (χ2v) is 18.6. The maximum absolute atomic E-state index is 12.5. The van der Waals surface area contributed by atoms with Gasteiger partial charge in [-0.05, 0) is 56.1 Å². The SMILES string of the molecule is CN(C)c1nc(CCCCCCC(=O)NCCCC[C@H](NC(=O)N[C@@H](CCC(=O)O)C(=O)O)C(=O)O)nc(Cc2ccc(CC3CN(CC(=O)O)CCN(CC(=O)O)CCN(CC(=O)O)CCN3CC(=O)O)cc2)n1. The standard InChI is InChI=1S/C48H73N11O16/c1-55(2)47-53-37(10-5-3-4-6-11-39(60)49-18-8-7-9-35(45(71)72)50-48(75)51-36(46(73)74)16-17-40(61)62)52-38(54-47)26-33-14-12-32(13-15-33)25-34-27-58(30-43(67)68)22-21-56(28-41(63)64)19-20-57(29-42(65)66)23-24-59(34)31-44(69)70/h12-15,34-36H,3-11,16-31H2,1-2H3,(H,49,60)(H,61,62)(H,63,64)(H,65,66)(H,67,68)(H,69,70)(H,71,72)(H,73,74)(H2,50,51,75)/t34?,35-,36-/m0/s1. The lowest BCUT2D eigenvalue weighted by molar-refractivity contribution is -0.142. The summed E-state index contributed by atoms with van der Waals surface area (Å²) >= 11 is 0. The number of hydrogen-bond donors (Lipinski definition) is 10.